The van der Waals surface area contributed by atoms with Crippen molar-refractivity contribution in [2.45, 2.75) is 46.6 Å². The topological polar surface area (TPSA) is 39.2 Å². The molecule has 1 heterocycles. The molecule has 0 atom stereocenters. The first-order valence-electron chi connectivity index (χ1n) is 6.95. The lowest BCUT2D eigenvalue weighted by molar-refractivity contribution is 0.112. The molecule has 0 aliphatic rings. The van der Waals surface area contributed by atoms with Gasteiger partial charge in [0.05, 0.1) is 5.69 Å². The van der Waals surface area contributed by atoms with Crippen LogP contribution < -0.4 is 4.74 Å². The molecule has 112 valence electrons. The Bertz CT molecular complexity index is 630. The molecule has 0 spiro atoms. The van der Waals surface area contributed by atoms with Crippen LogP contribution in [0.4, 0.5) is 0 Å². The lowest BCUT2D eigenvalue weighted by Crippen LogP contribution is -2.11. The van der Waals surface area contributed by atoms with Crippen LogP contribution in [0.15, 0.2) is 17.5 Å². The number of benzene rings is 1. The van der Waals surface area contributed by atoms with Crippen molar-refractivity contribution in [3.05, 3.63) is 44.9 Å². The van der Waals surface area contributed by atoms with Gasteiger partial charge in [0.1, 0.15) is 23.7 Å². The number of aldehydes is 1. The third-order valence-corrected chi connectivity index (χ3v) is 4.10. The van der Waals surface area contributed by atoms with E-state index in [0.29, 0.717) is 12.2 Å². The molecular formula is C17H21NO2S. The summed E-state index contributed by atoms with van der Waals surface area (Å²) in [7, 11) is 0. The Balaban J connectivity index is 2.13. The fraction of sp³-hybridized carbons (Fsp3) is 0.412. The molecule has 0 bridgehead atoms. The second kappa shape index (κ2) is 5.98. The summed E-state index contributed by atoms with van der Waals surface area (Å²) in [5.74, 6) is 0.841. The summed E-state index contributed by atoms with van der Waals surface area (Å²) in [6, 6.07) is 3.69. The Morgan fingerprint density at radius 1 is 1.24 bits per heavy atom. The van der Waals surface area contributed by atoms with Gasteiger partial charge in [-0.1, -0.05) is 20.8 Å². The minimum atomic E-state index is 0.0617. The van der Waals surface area contributed by atoms with Gasteiger partial charge < -0.3 is 4.74 Å². The molecule has 0 unspecified atom stereocenters. The van der Waals surface area contributed by atoms with Crippen LogP contribution in [0.5, 0.6) is 5.75 Å². The number of carbonyl (C=O) groups excluding carboxylic acids is 1. The van der Waals surface area contributed by atoms with E-state index >= 15 is 0 Å². The summed E-state index contributed by atoms with van der Waals surface area (Å²) in [6.45, 7) is 10.8. The Kier molecular flexibility index (Phi) is 4.47. The van der Waals surface area contributed by atoms with E-state index in [1.54, 1.807) is 11.3 Å². The molecule has 0 saturated carbocycles. The lowest BCUT2D eigenvalue weighted by Gasteiger charge is -2.14. The van der Waals surface area contributed by atoms with Crippen LogP contribution in [0.1, 0.15) is 53.0 Å². The highest BCUT2D eigenvalue weighted by Gasteiger charge is 2.17. The number of ether oxygens (including phenoxy) is 1. The average molecular weight is 303 g/mol. The van der Waals surface area contributed by atoms with Crippen molar-refractivity contribution < 1.29 is 9.53 Å². The zero-order valence-corrected chi connectivity index (χ0v) is 14.0. The molecule has 2 rings (SSSR count). The van der Waals surface area contributed by atoms with Gasteiger partial charge >= 0.3 is 0 Å². The third-order valence-electron chi connectivity index (χ3n) is 3.28. The first-order chi connectivity index (χ1) is 9.81. The lowest BCUT2D eigenvalue weighted by atomic mass is 9.93. The predicted octanol–water partition coefficient (Wildman–Crippen LogP) is 4.45. The monoisotopic (exact) mass is 303 g/mol. The van der Waals surface area contributed by atoms with Gasteiger partial charge in [-0.2, -0.15) is 0 Å². The summed E-state index contributed by atoms with van der Waals surface area (Å²) < 4.78 is 5.91. The van der Waals surface area contributed by atoms with Crippen LogP contribution in [-0.4, -0.2) is 11.3 Å². The van der Waals surface area contributed by atoms with E-state index in [-0.39, 0.29) is 5.41 Å². The quantitative estimate of drug-likeness (QED) is 0.783. The number of aryl methyl sites for hydroxylation is 2. The van der Waals surface area contributed by atoms with Crippen molar-refractivity contribution >= 4 is 17.6 Å². The third kappa shape index (κ3) is 3.70. The van der Waals surface area contributed by atoms with Crippen LogP contribution in [0.25, 0.3) is 0 Å². The van der Waals surface area contributed by atoms with E-state index in [9.17, 15) is 4.79 Å². The number of rotatable bonds is 4. The van der Waals surface area contributed by atoms with E-state index in [2.05, 4.69) is 31.1 Å². The summed E-state index contributed by atoms with van der Waals surface area (Å²) in [6.07, 6.45) is 0.861. The van der Waals surface area contributed by atoms with Crippen LogP contribution in [0, 0.1) is 13.8 Å². The maximum atomic E-state index is 10.8. The van der Waals surface area contributed by atoms with Crippen molar-refractivity contribution in [1.29, 1.82) is 0 Å². The summed E-state index contributed by atoms with van der Waals surface area (Å²) >= 11 is 1.62. The molecule has 0 fully saturated rings. The molecule has 0 amide bonds. The molecule has 2 aromatic rings. The van der Waals surface area contributed by atoms with E-state index in [0.717, 1.165) is 33.9 Å². The van der Waals surface area contributed by atoms with E-state index in [1.165, 1.54) is 0 Å². The average Bonchev–Trinajstić information content (AvgIpc) is 2.86. The van der Waals surface area contributed by atoms with Crippen molar-refractivity contribution in [2.24, 2.45) is 0 Å². The molecule has 0 N–H and O–H groups in total. The molecule has 0 radical (unpaired) electrons. The standard InChI is InChI=1S/C17H21NO2S/c1-11-6-13(8-19)7-12(2)16(11)20-9-15-18-14(10-21-15)17(3,4)5/h6-8,10H,9H2,1-5H3. The van der Waals surface area contributed by atoms with Gasteiger partial charge in [-0.3, -0.25) is 4.79 Å². The molecule has 0 saturated heterocycles. The minimum Gasteiger partial charge on any atom is -0.486 e. The van der Waals surface area contributed by atoms with Crippen molar-refractivity contribution in [3.8, 4) is 5.75 Å². The van der Waals surface area contributed by atoms with Crippen molar-refractivity contribution in [1.82, 2.24) is 4.98 Å². The summed E-state index contributed by atoms with van der Waals surface area (Å²) in [5.41, 5.74) is 3.79. The molecule has 1 aromatic carbocycles. The number of aromatic nitrogens is 1. The first kappa shape index (κ1) is 15.7. The second-order valence-electron chi connectivity index (χ2n) is 6.27. The zero-order valence-electron chi connectivity index (χ0n) is 13.2. The minimum absolute atomic E-state index is 0.0617. The largest absolute Gasteiger partial charge is 0.486 e. The van der Waals surface area contributed by atoms with Crippen molar-refractivity contribution in [2.75, 3.05) is 0 Å². The molecule has 4 heteroatoms. The number of thiazole rings is 1. The fourth-order valence-corrected chi connectivity index (χ4v) is 3.07. The summed E-state index contributed by atoms with van der Waals surface area (Å²) in [5, 5.41) is 3.06. The Labute approximate surface area is 130 Å². The molecule has 1 aromatic heterocycles. The van der Waals surface area contributed by atoms with Gasteiger partial charge in [0.15, 0.2) is 0 Å². The number of nitrogens with zero attached hydrogens (tertiary/aromatic N) is 1. The van der Waals surface area contributed by atoms with Gasteiger partial charge in [-0.15, -0.1) is 11.3 Å². The van der Waals surface area contributed by atoms with Gasteiger partial charge in [0.25, 0.3) is 0 Å². The number of hydrogen-bond donors (Lipinski definition) is 0. The Hall–Kier alpha value is -1.68. The predicted molar refractivity (Wildman–Crippen MR) is 86.4 cm³/mol. The van der Waals surface area contributed by atoms with Crippen molar-refractivity contribution in [3.63, 3.8) is 0 Å². The molecular weight excluding hydrogens is 282 g/mol. The molecule has 3 nitrogen and oxygen atoms in total. The fourth-order valence-electron chi connectivity index (χ4n) is 2.14. The number of hydrogen-bond acceptors (Lipinski definition) is 4. The SMILES string of the molecule is Cc1cc(C=O)cc(C)c1OCc1nc(C(C)(C)C)cs1. The van der Waals surface area contributed by atoms with E-state index < -0.39 is 0 Å². The Morgan fingerprint density at radius 3 is 2.33 bits per heavy atom. The van der Waals surface area contributed by atoms with Gasteiger partial charge in [0, 0.05) is 16.4 Å². The van der Waals surface area contributed by atoms with E-state index in [4.69, 9.17) is 4.74 Å². The molecule has 0 aliphatic heterocycles. The smallest absolute Gasteiger partial charge is 0.150 e. The maximum absolute atomic E-state index is 10.8. The molecule has 0 aliphatic carbocycles. The Morgan fingerprint density at radius 2 is 1.86 bits per heavy atom. The zero-order chi connectivity index (χ0) is 15.6. The highest BCUT2D eigenvalue weighted by Crippen LogP contribution is 2.27. The summed E-state index contributed by atoms with van der Waals surface area (Å²) in [4.78, 5) is 15.5. The van der Waals surface area contributed by atoms with Gasteiger partial charge in [0.2, 0.25) is 0 Å². The second-order valence-corrected chi connectivity index (χ2v) is 7.21. The van der Waals surface area contributed by atoms with Crippen LogP contribution in [0.3, 0.4) is 0 Å². The van der Waals surface area contributed by atoms with Crippen LogP contribution in [-0.2, 0) is 12.0 Å². The highest BCUT2D eigenvalue weighted by molar-refractivity contribution is 7.09. The van der Waals surface area contributed by atoms with Crippen LogP contribution >= 0.6 is 11.3 Å². The van der Waals surface area contributed by atoms with Crippen LogP contribution in [0.2, 0.25) is 0 Å². The molecule has 21 heavy (non-hydrogen) atoms. The van der Waals surface area contributed by atoms with Gasteiger partial charge in [-0.05, 0) is 37.1 Å². The number of carbonyl (C=O) groups is 1. The van der Waals surface area contributed by atoms with Gasteiger partial charge in [-0.25, -0.2) is 4.98 Å². The highest BCUT2D eigenvalue weighted by atomic mass is 32.1. The maximum Gasteiger partial charge on any atom is 0.150 e. The van der Waals surface area contributed by atoms with E-state index in [1.807, 2.05) is 26.0 Å². The first-order valence-corrected chi connectivity index (χ1v) is 7.83. The normalized spacial score (nSPS) is 11.5.